The zero-order chi connectivity index (χ0) is 22.4. The third-order valence-corrected chi connectivity index (χ3v) is 5.84. The molecule has 0 bridgehead atoms. The van der Waals surface area contributed by atoms with Gasteiger partial charge in [0, 0.05) is 16.1 Å². The van der Waals surface area contributed by atoms with Gasteiger partial charge in [0.25, 0.3) is 5.91 Å². The van der Waals surface area contributed by atoms with E-state index in [-0.39, 0.29) is 6.61 Å². The van der Waals surface area contributed by atoms with Crippen molar-refractivity contribution >= 4 is 62.9 Å². The van der Waals surface area contributed by atoms with Crippen molar-refractivity contribution in [3.63, 3.8) is 0 Å². The Morgan fingerprint density at radius 1 is 1.06 bits per heavy atom. The summed E-state index contributed by atoms with van der Waals surface area (Å²) in [7, 11) is 1.54. The van der Waals surface area contributed by atoms with Crippen molar-refractivity contribution in [2.75, 3.05) is 7.11 Å². The van der Waals surface area contributed by atoms with Crippen molar-refractivity contribution in [1.82, 2.24) is 5.43 Å². The van der Waals surface area contributed by atoms with Gasteiger partial charge < -0.3 is 9.47 Å². The van der Waals surface area contributed by atoms with Crippen molar-refractivity contribution in [1.29, 1.82) is 0 Å². The average molecular weight is 543 g/mol. The lowest BCUT2D eigenvalue weighted by atomic mass is 10.2. The Morgan fingerprint density at radius 2 is 1.84 bits per heavy atom. The van der Waals surface area contributed by atoms with Gasteiger partial charge >= 0.3 is 0 Å². The van der Waals surface area contributed by atoms with E-state index in [9.17, 15) is 4.79 Å². The van der Waals surface area contributed by atoms with Crippen molar-refractivity contribution in [3.8, 4) is 11.5 Å². The largest absolute Gasteiger partial charge is 0.493 e. The number of methoxy groups -OCH3 is 1. The third-order valence-electron chi connectivity index (χ3n) is 4.14. The minimum Gasteiger partial charge on any atom is -0.493 e. The summed E-state index contributed by atoms with van der Waals surface area (Å²) >= 11 is 21.5. The minimum absolute atomic E-state index is 0.280. The van der Waals surface area contributed by atoms with E-state index < -0.39 is 5.91 Å². The standard InChI is InChI=1S/C22H16BrCl3N2O3/c1-30-20-9-13(11-27-28-22(29)14-6-7-18(25)19(26)10-14)8-16(23)21(20)31-12-15-4-2-3-5-17(15)24/h2-11H,12H2,1H3,(H,28,29). The second-order valence-electron chi connectivity index (χ2n) is 6.24. The van der Waals surface area contributed by atoms with Crippen LogP contribution < -0.4 is 14.9 Å². The summed E-state index contributed by atoms with van der Waals surface area (Å²) in [6, 6.07) is 15.5. The molecule has 0 spiro atoms. The monoisotopic (exact) mass is 540 g/mol. The molecule has 0 aliphatic carbocycles. The molecule has 5 nitrogen and oxygen atoms in total. The third kappa shape index (κ3) is 6.14. The number of hydrogen-bond donors (Lipinski definition) is 1. The highest BCUT2D eigenvalue weighted by Gasteiger charge is 2.13. The van der Waals surface area contributed by atoms with Crippen molar-refractivity contribution in [3.05, 3.63) is 90.8 Å². The first-order valence-corrected chi connectivity index (χ1v) is 10.8. The summed E-state index contributed by atoms with van der Waals surface area (Å²) < 4.78 is 12.0. The van der Waals surface area contributed by atoms with Crippen molar-refractivity contribution in [2.45, 2.75) is 6.61 Å². The van der Waals surface area contributed by atoms with Gasteiger partial charge in [-0.1, -0.05) is 53.0 Å². The van der Waals surface area contributed by atoms with Gasteiger partial charge in [-0.2, -0.15) is 5.10 Å². The maximum atomic E-state index is 12.2. The Bertz CT molecular complexity index is 1140. The first-order valence-electron chi connectivity index (χ1n) is 8.91. The number of carbonyl (C=O) groups excluding carboxylic acids is 1. The highest BCUT2D eigenvalue weighted by atomic mass is 79.9. The molecule has 3 aromatic carbocycles. The Balaban J connectivity index is 1.70. The lowest BCUT2D eigenvalue weighted by Gasteiger charge is -2.14. The molecule has 0 saturated heterocycles. The molecule has 0 radical (unpaired) electrons. The summed E-state index contributed by atoms with van der Waals surface area (Å²) in [5.74, 6) is 0.610. The van der Waals surface area contributed by atoms with Crippen LogP contribution in [0.1, 0.15) is 21.5 Å². The van der Waals surface area contributed by atoms with Crippen LogP contribution in [0.25, 0.3) is 0 Å². The molecule has 1 amide bonds. The zero-order valence-corrected chi connectivity index (χ0v) is 20.0. The van der Waals surface area contributed by atoms with E-state index in [0.29, 0.717) is 42.2 Å². The average Bonchev–Trinajstić information content (AvgIpc) is 2.75. The van der Waals surface area contributed by atoms with Gasteiger partial charge in [0.15, 0.2) is 11.5 Å². The molecular weight excluding hydrogens is 527 g/mol. The van der Waals surface area contributed by atoms with Gasteiger partial charge in [-0.3, -0.25) is 4.79 Å². The van der Waals surface area contributed by atoms with Gasteiger partial charge in [-0.15, -0.1) is 0 Å². The normalized spacial score (nSPS) is 10.9. The topological polar surface area (TPSA) is 59.9 Å². The van der Waals surface area contributed by atoms with E-state index in [1.165, 1.54) is 19.4 Å². The highest BCUT2D eigenvalue weighted by Crippen LogP contribution is 2.37. The Labute approximate surface area is 203 Å². The fourth-order valence-electron chi connectivity index (χ4n) is 2.59. The van der Waals surface area contributed by atoms with Crippen LogP contribution >= 0.6 is 50.7 Å². The number of ether oxygens (including phenoxy) is 2. The molecule has 0 fully saturated rings. The second-order valence-corrected chi connectivity index (χ2v) is 8.32. The molecule has 31 heavy (non-hydrogen) atoms. The highest BCUT2D eigenvalue weighted by molar-refractivity contribution is 9.10. The number of halogens is 4. The van der Waals surface area contributed by atoms with Gasteiger partial charge in [0.1, 0.15) is 6.61 Å². The number of nitrogens with zero attached hydrogens (tertiary/aromatic N) is 1. The number of carbonyl (C=O) groups is 1. The predicted molar refractivity (Wildman–Crippen MR) is 128 cm³/mol. The lowest BCUT2D eigenvalue weighted by Crippen LogP contribution is -2.17. The lowest BCUT2D eigenvalue weighted by molar-refractivity contribution is 0.0955. The van der Waals surface area contributed by atoms with Gasteiger partial charge in [0.05, 0.1) is 27.8 Å². The molecule has 3 aromatic rings. The van der Waals surface area contributed by atoms with Crippen molar-refractivity contribution in [2.24, 2.45) is 5.10 Å². The zero-order valence-electron chi connectivity index (χ0n) is 16.2. The molecule has 3 rings (SSSR count). The first-order chi connectivity index (χ1) is 14.9. The van der Waals surface area contributed by atoms with Crippen LogP contribution in [0.5, 0.6) is 11.5 Å². The molecule has 0 aliphatic heterocycles. The van der Waals surface area contributed by atoms with E-state index in [1.807, 2.05) is 18.2 Å². The van der Waals surface area contributed by atoms with E-state index in [4.69, 9.17) is 44.3 Å². The fraction of sp³-hybridized carbons (Fsp3) is 0.0909. The summed E-state index contributed by atoms with van der Waals surface area (Å²) in [6.45, 7) is 0.280. The van der Waals surface area contributed by atoms with E-state index in [1.54, 1.807) is 30.3 Å². The van der Waals surface area contributed by atoms with Crippen LogP contribution in [0, 0.1) is 0 Å². The predicted octanol–water partition coefficient (Wildman–Crippen LogP) is 6.76. The Hall–Kier alpha value is -2.25. The van der Waals surface area contributed by atoms with E-state index in [2.05, 4.69) is 26.5 Å². The summed E-state index contributed by atoms with van der Waals surface area (Å²) in [4.78, 5) is 12.2. The molecule has 0 atom stereocenters. The summed E-state index contributed by atoms with van der Waals surface area (Å²) in [6.07, 6.45) is 1.49. The molecule has 9 heteroatoms. The molecule has 0 aromatic heterocycles. The molecule has 1 N–H and O–H groups in total. The minimum atomic E-state index is -0.416. The molecule has 0 unspecified atom stereocenters. The molecule has 160 valence electrons. The number of hydrogen-bond acceptors (Lipinski definition) is 4. The van der Waals surface area contributed by atoms with Crippen LogP contribution in [0.3, 0.4) is 0 Å². The first kappa shape index (κ1) is 23.4. The van der Waals surface area contributed by atoms with Gasteiger partial charge in [-0.25, -0.2) is 5.43 Å². The second kappa shape index (κ2) is 10.9. The number of hydrazone groups is 1. The van der Waals surface area contributed by atoms with Crippen LogP contribution in [0.4, 0.5) is 0 Å². The van der Waals surface area contributed by atoms with Crippen LogP contribution in [0.2, 0.25) is 15.1 Å². The maximum absolute atomic E-state index is 12.2. The van der Waals surface area contributed by atoms with Crippen LogP contribution in [0.15, 0.2) is 64.2 Å². The number of amides is 1. The van der Waals surface area contributed by atoms with Crippen LogP contribution in [-0.4, -0.2) is 19.2 Å². The van der Waals surface area contributed by atoms with Gasteiger partial charge in [-0.05, 0) is 57.9 Å². The number of benzene rings is 3. The maximum Gasteiger partial charge on any atom is 0.271 e. The smallest absolute Gasteiger partial charge is 0.271 e. The number of nitrogens with one attached hydrogen (secondary N) is 1. The molecule has 0 heterocycles. The molecule has 0 saturated carbocycles. The Morgan fingerprint density at radius 3 is 2.55 bits per heavy atom. The summed E-state index contributed by atoms with van der Waals surface area (Å²) in [5.41, 5.74) is 4.33. The van der Waals surface area contributed by atoms with Crippen molar-refractivity contribution < 1.29 is 14.3 Å². The fourth-order valence-corrected chi connectivity index (χ4v) is 3.65. The quantitative estimate of drug-likeness (QED) is 0.265. The van der Waals surface area contributed by atoms with E-state index in [0.717, 1.165) is 5.56 Å². The summed E-state index contributed by atoms with van der Waals surface area (Å²) in [5, 5.41) is 5.27. The number of rotatable bonds is 7. The molecular formula is C22H16BrCl3N2O3. The van der Waals surface area contributed by atoms with E-state index >= 15 is 0 Å². The van der Waals surface area contributed by atoms with Gasteiger partial charge in [0.2, 0.25) is 0 Å². The van der Waals surface area contributed by atoms with Crippen LogP contribution in [-0.2, 0) is 6.61 Å². The SMILES string of the molecule is COc1cc(C=NNC(=O)c2ccc(Cl)c(Cl)c2)cc(Br)c1OCc1ccccc1Cl. The molecule has 0 aliphatic rings. The Kier molecular flexibility index (Phi) is 8.21.